The number of aromatic carboxylic acids is 1. The third-order valence-corrected chi connectivity index (χ3v) is 4.04. The van der Waals surface area contributed by atoms with E-state index in [0.29, 0.717) is 11.4 Å². The van der Waals surface area contributed by atoms with Crippen molar-refractivity contribution in [1.82, 2.24) is 14.6 Å². The lowest BCUT2D eigenvalue weighted by Gasteiger charge is -2.08. The van der Waals surface area contributed by atoms with Crippen molar-refractivity contribution in [3.05, 3.63) is 78.0 Å². The number of hydrogen-bond acceptors (Lipinski definition) is 4. The molecular formula is C20H12N4O2. The van der Waals surface area contributed by atoms with E-state index in [1.807, 2.05) is 72.8 Å². The second-order valence-corrected chi connectivity index (χ2v) is 5.63. The largest absolute Gasteiger partial charge is 0.476 e. The minimum Gasteiger partial charge on any atom is -0.476 e. The lowest BCUT2D eigenvalue weighted by molar-refractivity contribution is 0.0690. The van der Waals surface area contributed by atoms with E-state index in [-0.39, 0.29) is 16.9 Å². The van der Waals surface area contributed by atoms with Crippen LogP contribution in [0, 0.1) is 11.3 Å². The summed E-state index contributed by atoms with van der Waals surface area (Å²) in [5.74, 6) is -1.26. The van der Waals surface area contributed by atoms with Gasteiger partial charge in [-0.3, -0.25) is 0 Å². The smallest absolute Gasteiger partial charge is 0.357 e. The van der Waals surface area contributed by atoms with Gasteiger partial charge in [0, 0.05) is 11.1 Å². The third kappa shape index (κ3) is 2.48. The van der Waals surface area contributed by atoms with Crippen LogP contribution in [0.4, 0.5) is 0 Å². The molecule has 1 N–H and O–H groups in total. The summed E-state index contributed by atoms with van der Waals surface area (Å²) in [5.41, 5.74) is 2.90. The Kier molecular flexibility index (Phi) is 3.67. The maximum atomic E-state index is 11.5. The van der Waals surface area contributed by atoms with Crippen molar-refractivity contribution in [2.75, 3.05) is 0 Å². The molecule has 124 valence electrons. The molecule has 0 bridgehead atoms. The molecule has 0 saturated heterocycles. The van der Waals surface area contributed by atoms with Gasteiger partial charge in [-0.1, -0.05) is 60.7 Å². The van der Waals surface area contributed by atoms with Crippen LogP contribution in [-0.4, -0.2) is 25.7 Å². The van der Waals surface area contributed by atoms with Gasteiger partial charge >= 0.3 is 5.97 Å². The van der Waals surface area contributed by atoms with Crippen LogP contribution in [0.15, 0.2) is 66.7 Å². The number of carboxylic acids is 1. The van der Waals surface area contributed by atoms with E-state index in [1.54, 1.807) is 0 Å². The fourth-order valence-corrected chi connectivity index (χ4v) is 2.84. The van der Waals surface area contributed by atoms with Gasteiger partial charge < -0.3 is 5.11 Å². The average molecular weight is 340 g/mol. The molecule has 0 aliphatic carbocycles. The molecule has 0 saturated carbocycles. The summed E-state index contributed by atoms with van der Waals surface area (Å²) in [6, 6.07) is 22.8. The highest BCUT2D eigenvalue weighted by Gasteiger charge is 2.22. The van der Waals surface area contributed by atoms with E-state index in [9.17, 15) is 15.2 Å². The van der Waals surface area contributed by atoms with Gasteiger partial charge in [-0.15, -0.1) is 0 Å². The van der Waals surface area contributed by atoms with Gasteiger partial charge in [0.15, 0.2) is 11.3 Å². The van der Waals surface area contributed by atoms with Crippen molar-refractivity contribution < 1.29 is 9.90 Å². The maximum absolute atomic E-state index is 11.5. The highest BCUT2D eigenvalue weighted by molar-refractivity contribution is 5.91. The minimum absolute atomic E-state index is 0.0486. The molecule has 26 heavy (non-hydrogen) atoms. The minimum atomic E-state index is -1.26. The Labute approximate surface area is 148 Å². The summed E-state index contributed by atoms with van der Waals surface area (Å²) in [4.78, 5) is 16.0. The Hall–Kier alpha value is -3.98. The van der Waals surface area contributed by atoms with E-state index < -0.39 is 5.97 Å². The van der Waals surface area contributed by atoms with Crippen LogP contribution in [0.1, 0.15) is 16.1 Å². The summed E-state index contributed by atoms with van der Waals surface area (Å²) in [6.45, 7) is 0. The van der Waals surface area contributed by atoms with Crippen LogP contribution in [0.5, 0.6) is 0 Å². The monoisotopic (exact) mass is 340 g/mol. The van der Waals surface area contributed by atoms with Crippen molar-refractivity contribution in [1.29, 1.82) is 5.26 Å². The highest BCUT2D eigenvalue weighted by Crippen LogP contribution is 2.28. The topological polar surface area (TPSA) is 91.3 Å². The molecule has 2 heterocycles. The van der Waals surface area contributed by atoms with E-state index in [4.69, 9.17) is 0 Å². The first-order chi connectivity index (χ1) is 12.7. The molecule has 0 aliphatic rings. The van der Waals surface area contributed by atoms with Crippen LogP contribution >= 0.6 is 0 Å². The molecule has 0 amide bonds. The Morgan fingerprint density at radius 2 is 1.62 bits per heavy atom. The molecule has 2 aromatic heterocycles. The number of benzene rings is 2. The molecule has 0 fully saturated rings. The summed E-state index contributed by atoms with van der Waals surface area (Å²) in [5, 5.41) is 23.0. The molecular weight excluding hydrogens is 328 g/mol. The van der Waals surface area contributed by atoms with Crippen molar-refractivity contribution in [3.63, 3.8) is 0 Å². The number of hydrogen-bond donors (Lipinski definition) is 1. The van der Waals surface area contributed by atoms with Gasteiger partial charge in [0.1, 0.15) is 11.6 Å². The number of fused-ring (bicyclic) bond motifs is 1. The lowest BCUT2D eigenvalue weighted by atomic mass is 10.1. The van der Waals surface area contributed by atoms with Crippen LogP contribution in [0.3, 0.4) is 0 Å². The Morgan fingerprint density at radius 3 is 2.19 bits per heavy atom. The average Bonchev–Trinajstić information content (AvgIpc) is 3.07. The second kappa shape index (κ2) is 6.15. The van der Waals surface area contributed by atoms with Crippen LogP contribution in [-0.2, 0) is 0 Å². The number of aromatic nitrogens is 3. The molecule has 0 unspecified atom stereocenters. The zero-order valence-corrected chi connectivity index (χ0v) is 13.5. The molecule has 0 atom stereocenters. The molecule has 0 spiro atoms. The molecule has 6 nitrogen and oxygen atoms in total. The first kappa shape index (κ1) is 15.5. The molecule has 4 rings (SSSR count). The van der Waals surface area contributed by atoms with Crippen LogP contribution in [0.25, 0.3) is 28.2 Å². The first-order valence-electron chi connectivity index (χ1n) is 7.87. The molecule has 2 aromatic carbocycles. The van der Waals surface area contributed by atoms with Gasteiger partial charge in [-0.25, -0.2) is 14.3 Å². The Morgan fingerprint density at radius 1 is 1.00 bits per heavy atom. The standard InChI is InChI=1S/C20H12N4O2/c21-12-15-18(20(25)26)23-24-17(14-9-5-2-6-10-14)11-16(22-19(15)24)13-7-3-1-4-8-13/h1-11H,(H,25,26). The van der Waals surface area contributed by atoms with Gasteiger partial charge in [-0.2, -0.15) is 10.4 Å². The predicted octanol–water partition coefficient (Wildman–Crippen LogP) is 3.63. The van der Waals surface area contributed by atoms with Crippen LogP contribution < -0.4 is 0 Å². The van der Waals surface area contributed by atoms with Gasteiger partial charge in [0.05, 0.1) is 11.4 Å². The molecule has 6 heteroatoms. The van der Waals surface area contributed by atoms with Gasteiger partial charge in [0.2, 0.25) is 0 Å². The van der Waals surface area contributed by atoms with Crippen molar-refractivity contribution in [3.8, 4) is 28.6 Å². The first-order valence-corrected chi connectivity index (χ1v) is 7.87. The third-order valence-electron chi connectivity index (χ3n) is 4.04. The van der Waals surface area contributed by atoms with Gasteiger partial charge in [-0.05, 0) is 6.07 Å². The summed E-state index contributed by atoms with van der Waals surface area (Å²) >= 11 is 0. The summed E-state index contributed by atoms with van der Waals surface area (Å²) in [6.07, 6.45) is 0. The Balaban J connectivity index is 2.11. The van der Waals surface area contributed by atoms with Crippen molar-refractivity contribution in [2.45, 2.75) is 0 Å². The second-order valence-electron chi connectivity index (χ2n) is 5.63. The molecule has 0 radical (unpaired) electrons. The number of rotatable bonds is 3. The SMILES string of the molecule is N#Cc1c(C(=O)O)nn2c(-c3ccccc3)cc(-c3ccccc3)nc12. The zero-order valence-electron chi connectivity index (χ0n) is 13.5. The van der Waals surface area contributed by atoms with Crippen molar-refractivity contribution >= 4 is 11.6 Å². The number of nitrogens with zero attached hydrogens (tertiary/aromatic N) is 4. The fraction of sp³-hybridized carbons (Fsp3) is 0. The summed E-state index contributed by atoms with van der Waals surface area (Å²) in [7, 11) is 0. The molecule has 4 aromatic rings. The van der Waals surface area contributed by atoms with Crippen molar-refractivity contribution in [2.24, 2.45) is 0 Å². The van der Waals surface area contributed by atoms with E-state index in [2.05, 4.69) is 10.1 Å². The highest BCUT2D eigenvalue weighted by atomic mass is 16.4. The lowest BCUT2D eigenvalue weighted by Crippen LogP contribution is -2.01. The van der Waals surface area contributed by atoms with E-state index in [1.165, 1.54) is 4.52 Å². The van der Waals surface area contributed by atoms with E-state index in [0.717, 1.165) is 11.1 Å². The Bertz CT molecular complexity index is 1160. The quantitative estimate of drug-likeness (QED) is 0.615. The van der Waals surface area contributed by atoms with Crippen LogP contribution in [0.2, 0.25) is 0 Å². The predicted molar refractivity (Wildman–Crippen MR) is 95.5 cm³/mol. The number of carboxylic acid groups (broad SMARTS) is 1. The number of nitriles is 1. The fourth-order valence-electron chi connectivity index (χ4n) is 2.84. The maximum Gasteiger partial charge on any atom is 0.357 e. The summed E-state index contributed by atoms with van der Waals surface area (Å²) < 4.78 is 1.42. The normalized spacial score (nSPS) is 10.6. The van der Waals surface area contributed by atoms with Gasteiger partial charge in [0.25, 0.3) is 0 Å². The number of carbonyl (C=O) groups is 1. The molecule has 0 aliphatic heterocycles. The van der Waals surface area contributed by atoms with E-state index >= 15 is 0 Å². The zero-order chi connectivity index (χ0) is 18.1.